The summed E-state index contributed by atoms with van der Waals surface area (Å²) in [4.78, 5) is 0. The molecule has 1 atom stereocenters. The number of unbranched alkanes of at least 4 members (excludes halogenated alkanes) is 12. The van der Waals surface area contributed by atoms with Crippen molar-refractivity contribution in [2.45, 2.75) is 110 Å². The van der Waals surface area contributed by atoms with Crippen LogP contribution in [0.2, 0.25) is 0 Å². The van der Waals surface area contributed by atoms with Crippen molar-refractivity contribution in [3.63, 3.8) is 0 Å². The van der Waals surface area contributed by atoms with Gasteiger partial charge in [0, 0.05) is 0 Å². The Morgan fingerprint density at radius 2 is 1.15 bits per heavy atom. The minimum absolute atomic E-state index is 0.187. The summed E-state index contributed by atoms with van der Waals surface area (Å²) in [6, 6.07) is 0. The van der Waals surface area contributed by atoms with Crippen LogP contribution >= 0.6 is 0 Å². The second-order valence-electron chi connectivity index (χ2n) is 6.23. The Labute approximate surface area is 127 Å². The zero-order valence-electron chi connectivity index (χ0n) is 14.1. The minimum Gasteiger partial charge on any atom is -0.393 e. The molecule has 20 heavy (non-hydrogen) atoms. The summed E-state index contributed by atoms with van der Waals surface area (Å²) in [6.07, 6.45) is 23.1. The molecule has 0 saturated heterocycles. The largest absolute Gasteiger partial charge is 0.393 e. The lowest BCUT2D eigenvalue weighted by atomic mass is 10.0. The van der Waals surface area contributed by atoms with Gasteiger partial charge in [-0.15, -0.1) is 0 Å². The third-order valence-electron chi connectivity index (χ3n) is 3.87. The third kappa shape index (κ3) is 17.7. The van der Waals surface area contributed by atoms with Gasteiger partial charge in [-0.25, -0.2) is 0 Å². The summed E-state index contributed by atoms with van der Waals surface area (Å²) in [5.74, 6) is 0. The van der Waals surface area contributed by atoms with E-state index in [0.717, 1.165) is 6.42 Å². The van der Waals surface area contributed by atoms with Crippen LogP contribution in [-0.4, -0.2) is 11.2 Å². The maximum atomic E-state index is 9.10. The first-order valence-electron chi connectivity index (χ1n) is 9.10. The molecule has 0 amide bonds. The van der Waals surface area contributed by atoms with Gasteiger partial charge in [0.1, 0.15) is 0 Å². The molecule has 1 N–H and O–H groups in total. The Morgan fingerprint density at radius 1 is 0.700 bits per heavy atom. The molecule has 0 aromatic rings. The van der Waals surface area contributed by atoms with Crippen LogP contribution in [0.15, 0.2) is 12.2 Å². The van der Waals surface area contributed by atoms with E-state index in [2.05, 4.69) is 19.1 Å². The smallest absolute Gasteiger partial charge is 0.0546 e. The van der Waals surface area contributed by atoms with Crippen molar-refractivity contribution < 1.29 is 5.11 Å². The molecule has 0 aliphatic carbocycles. The van der Waals surface area contributed by atoms with E-state index in [1.165, 1.54) is 83.5 Å². The van der Waals surface area contributed by atoms with Crippen LogP contribution in [-0.2, 0) is 0 Å². The summed E-state index contributed by atoms with van der Waals surface area (Å²) in [6.45, 7) is 4.12. The van der Waals surface area contributed by atoms with E-state index in [-0.39, 0.29) is 6.10 Å². The van der Waals surface area contributed by atoms with Crippen LogP contribution in [0.1, 0.15) is 104 Å². The molecule has 0 spiro atoms. The van der Waals surface area contributed by atoms with Crippen molar-refractivity contribution in [2.24, 2.45) is 0 Å². The van der Waals surface area contributed by atoms with Crippen molar-refractivity contribution >= 4 is 0 Å². The number of aliphatic hydroxyl groups excluding tert-OH is 1. The molecule has 0 rings (SSSR count). The normalized spacial score (nSPS) is 13.2. The van der Waals surface area contributed by atoms with Crippen LogP contribution in [0, 0.1) is 0 Å². The Hall–Kier alpha value is -0.300. The lowest BCUT2D eigenvalue weighted by Crippen LogP contribution is -1.95. The van der Waals surface area contributed by atoms with Gasteiger partial charge in [-0.2, -0.15) is 0 Å². The molecule has 0 aromatic heterocycles. The summed E-state index contributed by atoms with van der Waals surface area (Å²) < 4.78 is 0. The molecule has 0 aromatic carbocycles. The van der Waals surface area contributed by atoms with E-state index in [1.807, 2.05) is 6.92 Å². The fourth-order valence-corrected chi connectivity index (χ4v) is 2.51. The molecule has 0 aliphatic rings. The predicted molar refractivity (Wildman–Crippen MR) is 91.1 cm³/mol. The van der Waals surface area contributed by atoms with Crippen LogP contribution in [0.4, 0.5) is 0 Å². The molecule has 120 valence electrons. The number of allylic oxidation sites excluding steroid dienone is 1. The van der Waals surface area contributed by atoms with Crippen LogP contribution in [0.25, 0.3) is 0 Å². The fourth-order valence-electron chi connectivity index (χ4n) is 2.51. The van der Waals surface area contributed by atoms with Gasteiger partial charge in [0.15, 0.2) is 0 Å². The average Bonchev–Trinajstić information content (AvgIpc) is 2.43. The number of hydrogen-bond donors (Lipinski definition) is 1. The number of hydrogen-bond acceptors (Lipinski definition) is 1. The first-order valence-corrected chi connectivity index (χ1v) is 9.10. The van der Waals surface area contributed by atoms with Crippen LogP contribution in [0.3, 0.4) is 0 Å². The molecule has 0 radical (unpaired) electrons. The predicted octanol–water partition coefficient (Wildman–Crippen LogP) is 6.40. The summed E-state index contributed by atoms with van der Waals surface area (Å²) in [5.41, 5.74) is 0. The molecular formula is C19H38O. The van der Waals surface area contributed by atoms with Crippen molar-refractivity contribution in [1.29, 1.82) is 0 Å². The Morgan fingerprint density at radius 3 is 1.60 bits per heavy atom. The summed E-state index contributed by atoms with van der Waals surface area (Å²) >= 11 is 0. The molecule has 0 aliphatic heterocycles. The highest BCUT2D eigenvalue weighted by atomic mass is 16.3. The van der Waals surface area contributed by atoms with E-state index in [9.17, 15) is 0 Å². The standard InChI is InChI=1S/C19H38O/c1-3-4-5-6-7-8-9-10-11-12-13-14-15-16-17-18-19(2)20/h16-17,19-20H,3-15,18H2,1-2H3/b17-16+. The summed E-state index contributed by atoms with van der Waals surface area (Å²) in [7, 11) is 0. The van der Waals surface area contributed by atoms with Gasteiger partial charge < -0.3 is 5.11 Å². The van der Waals surface area contributed by atoms with E-state index in [0.29, 0.717) is 0 Å². The van der Waals surface area contributed by atoms with E-state index in [4.69, 9.17) is 5.11 Å². The average molecular weight is 283 g/mol. The quantitative estimate of drug-likeness (QED) is 0.272. The van der Waals surface area contributed by atoms with Gasteiger partial charge >= 0.3 is 0 Å². The maximum absolute atomic E-state index is 9.10. The fraction of sp³-hybridized carbons (Fsp3) is 0.895. The Kier molecular flexibility index (Phi) is 16.5. The third-order valence-corrected chi connectivity index (χ3v) is 3.87. The molecule has 0 bridgehead atoms. The van der Waals surface area contributed by atoms with Crippen LogP contribution in [0.5, 0.6) is 0 Å². The first kappa shape index (κ1) is 19.7. The highest BCUT2D eigenvalue weighted by Gasteiger charge is 1.93. The van der Waals surface area contributed by atoms with E-state index < -0.39 is 0 Å². The highest BCUT2D eigenvalue weighted by molar-refractivity contribution is 4.82. The van der Waals surface area contributed by atoms with Crippen molar-refractivity contribution in [1.82, 2.24) is 0 Å². The molecule has 0 heterocycles. The lowest BCUT2D eigenvalue weighted by molar-refractivity contribution is 0.198. The molecule has 1 unspecified atom stereocenters. The van der Waals surface area contributed by atoms with Gasteiger partial charge in [0.05, 0.1) is 6.10 Å². The zero-order valence-corrected chi connectivity index (χ0v) is 14.1. The molecule has 0 saturated carbocycles. The van der Waals surface area contributed by atoms with Crippen molar-refractivity contribution in [2.75, 3.05) is 0 Å². The number of aliphatic hydroxyl groups is 1. The molecule has 0 fully saturated rings. The zero-order chi connectivity index (χ0) is 14.9. The number of rotatable bonds is 15. The maximum Gasteiger partial charge on any atom is 0.0546 e. The highest BCUT2D eigenvalue weighted by Crippen LogP contribution is 2.12. The first-order chi connectivity index (χ1) is 9.77. The van der Waals surface area contributed by atoms with Crippen LogP contribution < -0.4 is 0 Å². The topological polar surface area (TPSA) is 20.2 Å². The van der Waals surface area contributed by atoms with E-state index in [1.54, 1.807) is 0 Å². The molecular weight excluding hydrogens is 244 g/mol. The van der Waals surface area contributed by atoms with Gasteiger partial charge in [-0.1, -0.05) is 89.7 Å². The van der Waals surface area contributed by atoms with Gasteiger partial charge in [-0.05, 0) is 26.2 Å². The second-order valence-corrected chi connectivity index (χ2v) is 6.23. The summed E-state index contributed by atoms with van der Waals surface area (Å²) in [5, 5.41) is 9.10. The second kappa shape index (κ2) is 16.8. The Balaban J connectivity index is 3.01. The SMILES string of the molecule is CCCCCCCCCCCCCC/C=C/CC(C)O. The molecule has 1 heteroatoms. The van der Waals surface area contributed by atoms with Gasteiger partial charge in [0.2, 0.25) is 0 Å². The van der Waals surface area contributed by atoms with Crippen molar-refractivity contribution in [3.05, 3.63) is 12.2 Å². The van der Waals surface area contributed by atoms with Gasteiger partial charge in [0.25, 0.3) is 0 Å². The minimum atomic E-state index is -0.187. The van der Waals surface area contributed by atoms with Crippen molar-refractivity contribution in [3.8, 4) is 0 Å². The van der Waals surface area contributed by atoms with E-state index >= 15 is 0 Å². The molecule has 1 nitrogen and oxygen atoms in total. The lowest BCUT2D eigenvalue weighted by Gasteiger charge is -2.02. The monoisotopic (exact) mass is 282 g/mol. The Bertz CT molecular complexity index is 196. The van der Waals surface area contributed by atoms with Gasteiger partial charge in [-0.3, -0.25) is 0 Å².